The summed E-state index contributed by atoms with van der Waals surface area (Å²) in [4.78, 5) is 4.22. The lowest BCUT2D eigenvalue weighted by Crippen LogP contribution is -2.38. The fraction of sp³-hybridized carbons (Fsp3) is 0.714. The van der Waals surface area contributed by atoms with Crippen molar-refractivity contribution < 1.29 is 0 Å². The Morgan fingerprint density at radius 2 is 2.28 bits per heavy atom. The molecule has 18 heavy (non-hydrogen) atoms. The van der Waals surface area contributed by atoms with Gasteiger partial charge in [-0.1, -0.05) is 0 Å². The van der Waals surface area contributed by atoms with E-state index >= 15 is 0 Å². The van der Waals surface area contributed by atoms with Crippen molar-refractivity contribution in [2.45, 2.75) is 38.3 Å². The number of nitrogens with one attached hydrogen (secondary N) is 1. The molecule has 100 valence electrons. The van der Waals surface area contributed by atoms with Gasteiger partial charge in [-0.15, -0.1) is 11.3 Å². The lowest BCUT2D eigenvalue weighted by Gasteiger charge is -2.30. The Balaban J connectivity index is 1.57. The Bertz CT molecular complexity index is 383. The van der Waals surface area contributed by atoms with Crippen LogP contribution >= 0.6 is 27.3 Å². The number of rotatable bonds is 5. The topological polar surface area (TPSA) is 15.3 Å². The summed E-state index contributed by atoms with van der Waals surface area (Å²) in [7, 11) is 0. The number of hydrogen-bond acceptors (Lipinski definition) is 3. The first-order valence-electron chi connectivity index (χ1n) is 6.99. The number of thiophene rings is 1. The van der Waals surface area contributed by atoms with Gasteiger partial charge in [0.2, 0.25) is 0 Å². The third-order valence-electron chi connectivity index (χ3n) is 3.94. The van der Waals surface area contributed by atoms with Crippen LogP contribution in [0.2, 0.25) is 0 Å². The van der Waals surface area contributed by atoms with Crippen molar-refractivity contribution in [2.75, 3.05) is 19.6 Å². The average Bonchev–Trinajstić information content (AvgIpc) is 3.15. The standard InChI is InChI=1S/C14H21BrN2S/c15-12-6-14(18-10-12)9-17(13-3-4-13)8-11-2-1-5-16-7-11/h6,10-11,13,16H,1-5,7-9H2. The molecule has 1 atom stereocenters. The van der Waals surface area contributed by atoms with E-state index in [9.17, 15) is 0 Å². The van der Waals surface area contributed by atoms with E-state index in [1.807, 2.05) is 11.3 Å². The first kappa shape index (κ1) is 13.1. The fourth-order valence-corrected chi connectivity index (χ4v) is 4.31. The van der Waals surface area contributed by atoms with Gasteiger partial charge in [0.25, 0.3) is 0 Å². The first-order valence-corrected chi connectivity index (χ1v) is 8.66. The zero-order chi connectivity index (χ0) is 12.4. The van der Waals surface area contributed by atoms with Gasteiger partial charge in [0.05, 0.1) is 0 Å². The summed E-state index contributed by atoms with van der Waals surface area (Å²) >= 11 is 5.44. The molecule has 1 N–H and O–H groups in total. The minimum Gasteiger partial charge on any atom is -0.316 e. The van der Waals surface area contributed by atoms with E-state index < -0.39 is 0 Å². The summed E-state index contributed by atoms with van der Waals surface area (Å²) in [6, 6.07) is 3.15. The third kappa shape index (κ3) is 3.56. The predicted molar refractivity (Wildman–Crippen MR) is 81.0 cm³/mol. The molecular formula is C14H21BrN2S. The number of piperidine rings is 1. The lowest BCUT2D eigenvalue weighted by atomic mass is 9.99. The van der Waals surface area contributed by atoms with E-state index in [1.54, 1.807) is 0 Å². The SMILES string of the molecule is Brc1csc(CN(CC2CCCNC2)C2CC2)c1. The summed E-state index contributed by atoms with van der Waals surface area (Å²) < 4.78 is 1.23. The predicted octanol–water partition coefficient (Wildman–Crippen LogP) is 3.47. The average molecular weight is 329 g/mol. The molecular weight excluding hydrogens is 308 g/mol. The van der Waals surface area contributed by atoms with Crippen LogP contribution in [0, 0.1) is 5.92 Å². The highest BCUT2D eigenvalue weighted by Crippen LogP contribution is 2.31. The van der Waals surface area contributed by atoms with E-state index in [1.165, 1.54) is 54.7 Å². The van der Waals surface area contributed by atoms with Crippen LogP contribution in [0.25, 0.3) is 0 Å². The summed E-state index contributed by atoms with van der Waals surface area (Å²) in [6.07, 6.45) is 5.58. The molecule has 1 aliphatic carbocycles. The van der Waals surface area contributed by atoms with Crippen molar-refractivity contribution in [1.82, 2.24) is 10.2 Å². The molecule has 0 amide bonds. The number of halogens is 1. The molecule has 4 heteroatoms. The second kappa shape index (κ2) is 6.04. The van der Waals surface area contributed by atoms with Gasteiger partial charge in [-0.3, -0.25) is 4.90 Å². The van der Waals surface area contributed by atoms with Gasteiger partial charge in [-0.25, -0.2) is 0 Å². The van der Waals surface area contributed by atoms with Crippen LogP contribution in [0.3, 0.4) is 0 Å². The zero-order valence-electron chi connectivity index (χ0n) is 10.7. The van der Waals surface area contributed by atoms with E-state index in [2.05, 4.69) is 37.6 Å². The van der Waals surface area contributed by atoms with E-state index in [0.29, 0.717) is 0 Å². The molecule has 1 aromatic rings. The smallest absolute Gasteiger partial charge is 0.0331 e. The maximum absolute atomic E-state index is 3.56. The molecule has 2 nitrogen and oxygen atoms in total. The van der Waals surface area contributed by atoms with Gasteiger partial charge in [0.15, 0.2) is 0 Å². The van der Waals surface area contributed by atoms with Crippen LogP contribution in [0.15, 0.2) is 15.9 Å². The Kier molecular flexibility index (Phi) is 4.39. The minimum atomic E-state index is 0.864. The Morgan fingerprint density at radius 1 is 1.39 bits per heavy atom. The quantitative estimate of drug-likeness (QED) is 0.890. The molecule has 1 saturated carbocycles. The monoisotopic (exact) mass is 328 g/mol. The second-order valence-corrected chi connectivity index (χ2v) is 7.52. The molecule has 1 aliphatic heterocycles. The molecule has 2 heterocycles. The van der Waals surface area contributed by atoms with Gasteiger partial charge in [-0.2, -0.15) is 0 Å². The zero-order valence-corrected chi connectivity index (χ0v) is 13.1. The Morgan fingerprint density at radius 3 is 2.89 bits per heavy atom. The molecule has 1 saturated heterocycles. The van der Waals surface area contributed by atoms with Crippen LogP contribution in [0.5, 0.6) is 0 Å². The molecule has 0 radical (unpaired) electrons. The molecule has 1 aromatic heterocycles. The second-order valence-electron chi connectivity index (χ2n) is 5.60. The Labute approximate surface area is 122 Å². The highest BCUT2D eigenvalue weighted by molar-refractivity contribution is 9.10. The first-order chi connectivity index (χ1) is 8.81. The van der Waals surface area contributed by atoms with Gasteiger partial charge in [0.1, 0.15) is 0 Å². The molecule has 1 unspecified atom stereocenters. The van der Waals surface area contributed by atoms with Crippen molar-refractivity contribution in [3.63, 3.8) is 0 Å². The van der Waals surface area contributed by atoms with Crippen molar-refractivity contribution >= 4 is 27.3 Å². The lowest BCUT2D eigenvalue weighted by molar-refractivity contribution is 0.194. The highest BCUT2D eigenvalue weighted by atomic mass is 79.9. The highest BCUT2D eigenvalue weighted by Gasteiger charge is 2.31. The van der Waals surface area contributed by atoms with Crippen molar-refractivity contribution in [3.05, 3.63) is 20.8 Å². The number of hydrogen-bond donors (Lipinski definition) is 1. The van der Waals surface area contributed by atoms with Crippen LogP contribution in [-0.2, 0) is 6.54 Å². The van der Waals surface area contributed by atoms with Gasteiger partial charge in [-0.05, 0) is 66.7 Å². The van der Waals surface area contributed by atoms with Gasteiger partial charge < -0.3 is 5.32 Å². The summed E-state index contributed by atoms with van der Waals surface area (Å²) in [5, 5.41) is 5.73. The molecule has 2 fully saturated rings. The summed E-state index contributed by atoms with van der Waals surface area (Å²) in [6.45, 7) is 4.87. The normalized spacial score (nSPS) is 24.7. The van der Waals surface area contributed by atoms with E-state index in [4.69, 9.17) is 0 Å². The van der Waals surface area contributed by atoms with Crippen LogP contribution in [0.1, 0.15) is 30.6 Å². The van der Waals surface area contributed by atoms with E-state index in [0.717, 1.165) is 18.5 Å². The van der Waals surface area contributed by atoms with E-state index in [-0.39, 0.29) is 0 Å². The maximum atomic E-state index is 3.56. The maximum Gasteiger partial charge on any atom is 0.0331 e. The Hall–Kier alpha value is 0.1000. The van der Waals surface area contributed by atoms with Crippen LogP contribution in [0.4, 0.5) is 0 Å². The molecule has 3 rings (SSSR count). The summed E-state index contributed by atoms with van der Waals surface area (Å²) in [5.41, 5.74) is 0. The summed E-state index contributed by atoms with van der Waals surface area (Å²) in [5.74, 6) is 0.864. The van der Waals surface area contributed by atoms with Crippen molar-refractivity contribution in [2.24, 2.45) is 5.92 Å². The molecule has 0 aromatic carbocycles. The fourth-order valence-electron chi connectivity index (χ4n) is 2.83. The van der Waals surface area contributed by atoms with Crippen molar-refractivity contribution in [3.8, 4) is 0 Å². The molecule has 0 spiro atoms. The third-order valence-corrected chi connectivity index (χ3v) is 5.62. The van der Waals surface area contributed by atoms with Crippen molar-refractivity contribution in [1.29, 1.82) is 0 Å². The van der Waals surface area contributed by atoms with Crippen LogP contribution in [-0.4, -0.2) is 30.6 Å². The van der Waals surface area contributed by atoms with Gasteiger partial charge >= 0.3 is 0 Å². The minimum absolute atomic E-state index is 0.864. The number of nitrogens with zero attached hydrogens (tertiary/aromatic N) is 1. The van der Waals surface area contributed by atoms with Gasteiger partial charge in [0, 0.05) is 33.9 Å². The molecule has 2 aliphatic rings. The molecule has 0 bridgehead atoms. The largest absolute Gasteiger partial charge is 0.316 e. The van der Waals surface area contributed by atoms with Crippen LogP contribution < -0.4 is 5.32 Å².